The lowest BCUT2D eigenvalue weighted by atomic mass is 10.3. The Balaban J connectivity index is 0.000000345. The molecule has 110 valence electrons. The summed E-state index contributed by atoms with van der Waals surface area (Å²) in [4.78, 5) is 18.0. The van der Waals surface area contributed by atoms with Gasteiger partial charge in [0.2, 0.25) is 5.88 Å². The molecule has 2 aromatic rings. The molecule has 2 aromatic heterocycles. The van der Waals surface area contributed by atoms with E-state index in [0.717, 1.165) is 16.9 Å². The van der Waals surface area contributed by atoms with Crippen LogP contribution in [0.25, 0.3) is 0 Å². The number of nitrogens with zero attached hydrogens (tertiary/aromatic N) is 2. The molecule has 0 aliphatic heterocycles. The minimum atomic E-state index is 0. The highest BCUT2D eigenvalue weighted by atomic mass is 35.5. The molecule has 0 saturated carbocycles. The van der Waals surface area contributed by atoms with E-state index in [4.69, 9.17) is 33.7 Å². The fourth-order valence-electron chi connectivity index (χ4n) is 1.12. The van der Waals surface area contributed by atoms with E-state index in [1.54, 1.807) is 13.3 Å². The second-order valence-corrected chi connectivity index (χ2v) is 5.09. The van der Waals surface area contributed by atoms with Crippen molar-refractivity contribution in [2.75, 3.05) is 7.11 Å². The van der Waals surface area contributed by atoms with E-state index in [2.05, 4.69) is 9.97 Å². The lowest BCUT2D eigenvalue weighted by Crippen LogP contribution is -2.00. The first-order valence-corrected chi connectivity index (χ1v) is 6.64. The first kappa shape index (κ1) is 18.8. The Morgan fingerprint density at radius 2 is 2.20 bits per heavy atom. The van der Waals surface area contributed by atoms with Crippen molar-refractivity contribution < 1.29 is 9.53 Å². The number of halogens is 2. The molecule has 0 fully saturated rings. The van der Waals surface area contributed by atoms with E-state index in [-0.39, 0.29) is 12.6 Å². The van der Waals surface area contributed by atoms with Crippen LogP contribution in [0.1, 0.15) is 22.7 Å². The van der Waals surface area contributed by atoms with Crippen LogP contribution in [0.2, 0.25) is 9.62 Å². The quantitative estimate of drug-likeness (QED) is 0.869. The van der Waals surface area contributed by atoms with Gasteiger partial charge in [0.1, 0.15) is 4.88 Å². The van der Waals surface area contributed by atoms with E-state index in [9.17, 15) is 4.79 Å². The Bertz CT molecular complexity index is 526. The van der Waals surface area contributed by atoms with Gasteiger partial charge in [-0.3, -0.25) is 4.79 Å². The Hall–Kier alpha value is -1.21. The van der Waals surface area contributed by atoms with Crippen LogP contribution in [0.5, 0.6) is 5.88 Å². The highest BCUT2D eigenvalue weighted by Crippen LogP contribution is 2.24. The van der Waals surface area contributed by atoms with E-state index >= 15 is 0 Å². The molecule has 2 N–H and O–H groups in total. The summed E-state index contributed by atoms with van der Waals surface area (Å²) in [6.45, 7) is 0.469. The molecule has 20 heavy (non-hydrogen) atoms. The third-order valence-corrected chi connectivity index (χ3v) is 3.44. The van der Waals surface area contributed by atoms with Gasteiger partial charge in [0.15, 0.2) is 15.9 Å². The summed E-state index contributed by atoms with van der Waals surface area (Å²) in [6.07, 6.45) is 2.31. The van der Waals surface area contributed by atoms with E-state index in [1.807, 2.05) is 12.1 Å². The van der Waals surface area contributed by atoms with Gasteiger partial charge in [0, 0.05) is 18.3 Å². The monoisotopic (exact) mass is 335 g/mol. The molecule has 2 rings (SSSR count). The minimum Gasteiger partial charge on any atom is -0.481 e. The second kappa shape index (κ2) is 9.66. The molecule has 0 atom stereocenters. The number of methoxy groups -OCH3 is 1. The van der Waals surface area contributed by atoms with Gasteiger partial charge in [0.05, 0.1) is 7.11 Å². The van der Waals surface area contributed by atoms with Crippen LogP contribution in [-0.4, -0.2) is 23.4 Å². The van der Waals surface area contributed by atoms with Gasteiger partial charge in [-0.05, 0) is 6.07 Å². The summed E-state index contributed by atoms with van der Waals surface area (Å²) >= 11 is 11.9. The molecular formula is C12H15Cl2N3O2S. The van der Waals surface area contributed by atoms with Gasteiger partial charge in [-0.1, -0.05) is 48.0 Å². The fourth-order valence-corrected chi connectivity index (χ4v) is 2.29. The number of aldehydes is 1. The molecule has 0 saturated heterocycles. The first-order valence-electron chi connectivity index (χ1n) is 5.07. The molecule has 0 radical (unpaired) electrons. The predicted molar refractivity (Wildman–Crippen MR) is 82.9 cm³/mol. The van der Waals surface area contributed by atoms with Crippen LogP contribution in [0.4, 0.5) is 0 Å². The number of rotatable bonds is 3. The molecule has 0 bridgehead atoms. The number of nitrogens with two attached hydrogens (primary N) is 1. The first-order chi connectivity index (χ1) is 9.12. The van der Waals surface area contributed by atoms with Crippen molar-refractivity contribution in [2.24, 2.45) is 5.73 Å². The zero-order valence-corrected chi connectivity index (χ0v) is 12.3. The number of carbonyl (C=O) groups is 1. The summed E-state index contributed by atoms with van der Waals surface area (Å²) in [5, 5.41) is 0.181. The summed E-state index contributed by atoms with van der Waals surface area (Å²) in [5.41, 5.74) is 6.34. The Morgan fingerprint density at radius 3 is 2.55 bits per heavy atom. The van der Waals surface area contributed by atoms with Crippen molar-refractivity contribution in [1.29, 1.82) is 0 Å². The zero-order chi connectivity index (χ0) is 14.3. The zero-order valence-electron chi connectivity index (χ0n) is 9.97. The van der Waals surface area contributed by atoms with Crippen molar-refractivity contribution in [3.8, 4) is 5.88 Å². The standard InChI is InChI=1S/C7H10N2O.C4HCl2NOS.CH4/c1-10-7-6(5-8)3-2-4-9-7;5-3-2(1-8)9-4(6)7-3;/h2-4H,5,8H2,1H3;1H;1H4. The van der Waals surface area contributed by atoms with Crippen LogP contribution in [-0.2, 0) is 6.54 Å². The molecule has 5 nitrogen and oxygen atoms in total. The van der Waals surface area contributed by atoms with Crippen LogP contribution < -0.4 is 10.5 Å². The van der Waals surface area contributed by atoms with Gasteiger partial charge in [-0.15, -0.1) is 0 Å². The average molecular weight is 336 g/mol. The highest BCUT2D eigenvalue weighted by Gasteiger charge is 2.04. The van der Waals surface area contributed by atoms with Crippen LogP contribution in [0, 0.1) is 0 Å². The number of hydrogen-bond acceptors (Lipinski definition) is 6. The highest BCUT2D eigenvalue weighted by molar-refractivity contribution is 7.17. The lowest BCUT2D eigenvalue weighted by Gasteiger charge is -2.02. The van der Waals surface area contributed by atoms with Crippen LogP contribution >= 0.6 is 34.5 Å². The Kier molecular flexibility index (Phi) is 9.07. The maximum atomic E-state index is 10.1. The molecular weight excluding hydrogens is 321 g/mol. The van der Waals surface area contributed by atoms with Crippen molar-refractivity contribution >= 4 is 40.8 Å². The predicted octanol–water partition coefficient (Wildman–Crippen LogP) is 3.45. The molecule has 0 unspecified atom stereocenters. The van der Waals surface area contributed by atoms with Crippen LogP contribution in [0.3, 0.4) is 0 Å². The van der Waals surface area contributed by atoms with Crippen molar-refractivity contribution in [3.63, 3.8) is 0 Å². The van der Waals surface area contributed by atoms with Gasteiger partial charge in [0.25, 0.3) is 0 Å². The number of carbonyl (C=O) groups excluding carboxylic acids is 1. The van der Waals surface area contributed by atoms with Gasteiger partial charge < -0.3 is 10.5 Å². The third-order valence-electron chi connectivity index (χ3n) is 1.95. The number of aromatic nitrogens is 2. The van der Waals surface area contributed by atoms with Crippen molar-refractivity contribution in [2.45, 2.75) is 14.0 Å². The fraction of sp³-hybridized carbons (Fsp3) is 0.250. The summed E-state index contributed by atoms with van der Waals surface area (Å²) in [5.74, 6) is 0.616. The molecule has 8 heteroatoms. The smallest absolute Gasteiger partial charge is 0.217 e. The molecule has 0 aliphatic carbocycles. The molecule has 0 aliphatic rings. The van der Waals surface area contributed by atoms with Crippen molar-refractivity contribution in [1.82, 2.24) is 9.97 Å². The van der Waals surface area contributed by atoms with Gasteiger partial charge in [-0.2, -0.15) is 0 Å². The van der Waals surface area contributed by atoms with Gasteiger partial charge >= 0.3 is 0 Å². The Morgan fingerprint density at radius 1 is 1.50 bits per heavy atom. The second-order valence-electron chi connectivity index (χ2n) is 3.12. The minimum absolute atomic E-state index is 0. The number of hydrogen-bond donors (Lipinski definition) is 1. The number of thiazole rings is 1. The average Bonchev–Trinajstić information content (AvgIpc) is 2.77. The number of pyridine rings is 1. The maximum Gasteiger partial charge on any atom is 0.217 e. The van der Waals surface area contributed by atoms with E-state index < -0.39 is 0 Å². The Labute approximate surface area is 131 Å². The largest absolute Gasteiger partial charge is 0.481 e. The van der Waals surface area contributed by atoms with Gasteiger partial charge in [-0.25, -0.2) is 9.97 Å². The number of ether oxygens (including phenoxy) is 1. The van der Waals surface area contributed by atoms with E-state index in [0.29, 0.717) is 28.1 Å². The van der Waals surface area contributed by atoms with E-state index in [1.165, 1.54) is 0 Å². The summed E-state index contributed by atoms with van der Waals surface area (Å²) in [7, 11) is 1.58. The third kappa shape index (κ3) is 5.42. The van der Waals surface area contributed by atoms with Crippen LogP contribution in [0.15, 0.2) is 18.3 Å². The SMILES string of the molecule is C.COc1ncccc1CN.O=Cc1sc(Cl)nc1Cl. The summed E-state index contributed by atoms with van der Waals surface area (Å²) in [6, 6.07) is 3.73. The van der Waals surface area contributed by atoms with Crippen molar-refractivity contribution in [3.05, 3.63) is 38.4 Å². The molecule has 2 heterocycles. The topological polar surface area (TPSA) is 78.1 Å². The lowest BCUT2D eigenvalue weighted by molar-refractivity contribution is 0.112. The normalized spacial score (nSPS) is 9.00. The molecule has 0 amide bonds. The molecule has 0 spiro atoms. The molecule has 0 aromatic carbocycles. The summed E-state index contributed by atoms with van der Waals surface area (Å²) < 4.78 is 5.24. The maximum absolute atomic E-state index is 10.1.